The van der Waals surface area contributed by atoms with Crippen molar-refractivity contribution in [3.05, 3.63) is 12.7 Å². The van der Waals surface area contributed by atoms with Crippen LogP contribution in [0, 0.1) is 0 Å². The Kier molecular flexibility index (Phi) is 6.04. The molecule has 0 radical (unpaired) electrons. The van der Waals surface area contributed by atoms with Gasteiger partial charge >= 0.3 is 0 Å². The van der Waals surface area contributed by atoms with Gasteiger partial charge in [0.2, 0.25) is 5.91 Å². The van der Waals surface area contributed by atoms with Crippen LogP contribution in [-0.2, 0) is 9.53 Å². The average Bonchev–Trinajstić information content (AvgIpc) is 3.04. The first-order valence-corrected chi connectivity index (χ1v) is 5.51. The van der Waals surface area contributed by atoms with Crippen molar-refractivity contribution in [1.29, 1.82) is 0 Å². The Morgan fingerprint density at radius 2 is 2.27 bits per heavy atom. The minimum atomic E-state index is 0.0502. The van der Waals surface area contributed by atoms with Gasteiger partial charge in [0.1, 0.15) is 0 Å². The van der Waals surface area contributed by atoms with E-state index in [9.17, 15) is 4.79 Å². The summed E-state index contributed by atoms with van der Waals surface area (Å²) in [5.41, 5.74) is 0. The molecule has 1 aliphatic rings. The van der Waals surface area contributed by atoms with E-state index in [0.29, 0.717) is 32.3 Å². The fraction of sp³-hybridized carbons (Fsp3) is 0.727. The summed E-state index contributed by atoms with van der Waals surface area (Å²) in [4.78, 5) is 11.2. The summed E-state index contributed by atoms with van der Waals surface area (Å²) in [6, 6.07) is 0.583. The molecule has 1 saturated carbocycles. The molecule has 0 aliphatic heterocycles. The van der Waals surface area contributed by atoms with E-state index in [1.165, 1.54) is 12.8 Å². The molecule has 15 heavy (non-hydrogen) atoms. The van der Waals surface area contributed by atoms with Gasteiger partial charge in [-0.1, -0.05) is 6.08 Å². The van der Waals surface area contributed by atoms with Gasteiger partial charge in [0.05, 0.1) is 19.8 Å². The molecule has 0 atom stereocenters. The van der Waals surface area contributed by atoms with Crippen LogP contribution >= 0.6 is 0 Å². The summed E-state index contributed by atoms with van der Waals surface area (Å²) in [6.45, 7) is 5.86. The van der Waals surface area contributed by atoms with Crippen LogP contribution in [0.15, 0.2) is 12.7 Å². The Hall–Kier alpha value is -0.870. The van der Waals surface area contributed by atoms with Crippen molar-refractivity contribution in [2.45, 2.75) is 25.3 Å². The molecule has 0 aromatic carbocycles. The van der Waals surface area contributed by atoms with Crippen LogP contribution in [0.1, 0.15) is 19.3 Å². The molecule has 0 spiro atoms. The fourth-order valence-corrected chi connectivity index (χ4v) is 1.12. The topological polar surface area (TPSA) is 50.4 Å². The van der Waals surface area contributed by atoms with Crippen molar-refractivity contribution < 1.29 is 9.53 Å². The lowest BCUT2D eigenvalue weighted by Crippen LogP contribution is -2.36. The van der Waals surface area contributed by atoms with Crippen LogP contribution in [0.25, 0.3) is 0 Å². The van der Waals surface area contributed by atoms with Gasteiger partial charge in [-0.2, -0.15) is 0 Å². The second-order valence-corrected chi connectivity index (χ2v) is 3.69. The summed E-state index contributed by atoms with van der Waals surface area (Å²) >= 11 is 0. The normalized spacial score (nSPS) is 14.9. The molecule has 4 heteroatoms. The van der Waals surface area contributed by atoms with Crippen molar-refractivity contribution in [3.8, 4) is 0 Å². The van der Waals surface area contributed by atoms with Crippen LogP contribution < -0.4 is 10.6 Å². The van der Waals surface area contributed by atoms with Gasteiger partial charge in [-0.05, 0) is 19.3 Å². The van der Waals surface area contributed by atoms with Gasteiger partial charge in [0.15, 0.2) is 0 Å². The van der Waals surface area contributed by atoms with Crippen LogP contribution in [0.3, 0.4) is 0 Å². The quantitative estimate of drug-likeness (QED) is 0.431. The average molecular weight is 212 g/mol. The number of amides is 1. The number of nitrogens with one attached hydrogen (secondary N) is 2. The zero-order chi connectivity index (χ0) is 10.9. The van der Waals surface area contributed by atoms with Crippen molar-refractivity contribution in [2.75, 3.05) is 26.3 Å². The monoisotopic (exact) mass is 212 g/mol. The third kappa shape index (κ3) is 7.11. The summed E-state index contributed by atoms with van der Waals surface area (Å²) < 4.78 is 5.26. The zero-order valence-electron chi connectivity index (χ0n) is 9.13. The van der Waals surface area contributed by atoms with Gasteiger partial charge < -0.3 is 15.4 Å². The minimum absolute atomic E-state index is 0.0502. The molecule has 1 rings (SSSR count). The molecular weight excluding hydrogens is 192 g/mol. The predicted octanol–water partition coefficient (Wildman–Crippen LogP) is 0.447. The molecule has 2 N–H and O–H groups in total. The third-order valence-electron chi connectivity index (χ3n) is 2.16. The smallest absolute Gasteiger partial charge is 0.234 e. The third-order valence-corrected chi connectivity index (χ3v) is 2.16. The van der Waals surface area contributed by atoms with Crippen LogP contribution in [-0.4, -0.2) is 38.3 Å². The Morgan fingerprint density at radius 3 is 2.93 bits per heavy atom. The lowest BCUT2D eigenvalue weighted by Gasteiger charge is -2.06. The van der Waals surface area contributed by atoms with E-state index in [4.69, 9.17) is 4.74 Å². The Balaban J connectivity index is 1.81. The molecule has 0 heterocycles. The second-order valence-electron chi connectivity index (χ2n) is 3.69. The molecule has 86 valence electrons. The Labute approximate surface area is 91.1 Å². The highest BCUT2D eigenvalue weighted by Crippen LogP contribution is 2.17. The highest BCUT2D eigenvalue weighted by molar-refractivity contribution is 5.78. The first-order chi connectivity index (χ1) is 7.33. The first kappa shape index (κ1) is 12.2. The first-order valence-electron chi connectivity index (χ1n) is 5.51. The van der Waals surface area contributed by atoms with E-state index >= 15 is 0 Å². The number of hydrogen-bond acceptors (Lipinski definition) is 3. The molecule has 4 nitrogen and oxygen atoms in total. The maximum atomic E-state index is 11.2. The number of rotatable bonds is 9. The second kappa shape index (κ2) is 7.43. The van der Waals surface area contributed by atoms with Crippen LogP contribution in [0.2, 0.25) is 0 Å². The summed E-state index contributed by atoms with van der Waals surface area (Å²) in [5.74, 6) is 0.0502. The number of carbonyl (C=O) groups excluding carboxylic acids is 1. The minimum Gasteiger partial charge on any atom is -0.379 e. The molecule has 0 aromatic rings. The standard InChI is InChI=1S/C11H20N2O2/c1-2-3-7-15-8-6-12-11(14)9-13-10-4-5-10/h2,10,13H,1,3-9H2,(H,12,14). The summed E-state index contributed by atoms with van der Waals surface area (Å²) in [5, 5.41) is 5.94. The number of carbonyl (C=O) groups is 1. The molecule has 1 amide bonds. The van der Waals surface area contributed by atoms with Crippen molar-refractivity contribution in [1.82, 2.24) is 10.6 Å². The van der Waals surface area contributed by atoms with E-state index < -0.39 is 0 Å². The van der Waals surface area contributed by atoms with E-state index in [1.54, 1.807) is 0 Å². The van der Waals surface area contributed by atoms with Gasteiger partial charge in [-0.25, -0.2) is 0 Å². The fourth-order valence-electron chi connectivity index (χ4n) is 1.12. The van der Waals surface area contributed by atoms with E-state index in [0.717, 1.165) is 6.42 Å². The number of hydrogen-bond donors (Lipinski definition) is 2. The molecular formula is C11H20N2O2. The van der Waals surface area contributed by atoms with Crippen molar-refractivity contribution >= 4 is 5.91 Å². The molecule has 0 aromatic heterocycles. The van der Waals surface area contributed by atoms with Gasteiger partial charge in [-0.3, -0.25) is 4.79 Å². The van der Waals surface area contributed by atoms with Crippen LogP contribution in [0.5, 0.6) is 0 Å². The van der Waals surface area contributed by atoms with Gasteiger partial charge in [0.25, 0.3) is 0 Å². The predicted molar refractivity (Wildman–Crippen MR) is 59.7 cm³/mol. The zero-order valence-corrected chi connectivity index (χ0v) is 9.13. The Morgan fingerprint density at radius 1 is 1.47 bits per heavy atom. The lowest BCUT2D eigenvalue weighted by molar-refractivity contribution is -0.120. The maximum absolute atomic E-state index is 11.2. The maximum Gasteiger partial charge on any atom is 0.234 e. The van der Waals surface area contributed by atoms with Gasteiger partial charge in [-0.15, -0.1) is 6.58 Å². The molecule has 1 aliphatic carbocycles. The Bertz CT molecular complexity index is 203. The highest BCUT2D eigenvalue weighted by atomic mass is 16.5. The summed E-state index contributed by atoms with van der Waals surface area (Å²) in [7, 11) is 0. The SMILES string of the molecule is C=CCCOCCNC(=O)CNC1CC1. The highest BCUT2D eigenvalue weighted by Gasteiger charge is 2.20. The summed E-state index contributed by atoms with van der Waals surface area (Å²) in [6.07, 6.45) is 5.09. The molecule has 0 saturated heterocycles. The van der Waals surface area contributed by atoms with E-state index in [-0.39, 0.29) is 5.91 Å². The molecule has 1 fully saturated rings. The number of ether oxygens (including phenoxy) is 1. The lowest BCUT2D eigenvalue weighted by atomic mass is 10.4. The van der Waals surface area contributed by atoms with E-state index in [1.807, 2.05) is 6.08 Å². The molecule has 0 unspecified atom stereocenters. The largest absolute Gasteiger partial charge is 0.379 e. The molecule has 0 bridgehead atoms. The van der Waals surface area contributed by atoms with Crippen molar-refractivity contribution in [3.63, 3.8) is 0 Å². The van der Waals surface area contributed by atoms with Gasteiger partial charge in [0, 0.05) is 12.6 Å². The van der Waals surface area contributed by atoms with Crippen molar-refractivity contribution in [2.24, 2.45) is 0 Å². The van der Waals surface area contributed by atoms with Crippen LogP contribution in [0.4, 0.5) is 0 Å². The van der Waals surface area contributed by atoms with E-state index in [2.05, 4.69) is 17.2 Å².